The number of carbonyl (C=O) groups is 6. The van der Waals surface area contributed by atoms with Crippen LogP contribution >= 0.6 is 12.6 Å². The first-order chi connectivity index (χ1) is 17.9. The standard InChI is InChI=1S/C23H29N5O9S/c24-13(8-19(31)32)20(33)27-16(7-11-9-25-14-4-2-1-3-12(11)14)22(35)26-15(5-6-18(29)30)21(34)28-17(10-38)23(36)37/h1-4,9,13,15-17,25,38H,5-8,10,24H2,(H,26,35)(H,27,33)(H,28,34)(H,29,30)(H,31,32)(H,36,37). The predicted molar refractivity (Wildman–Crippen MR) is 136 cm³/mol. The van der Waals surface area contributed by atoms with Crippen LogP contribution in [0.25, 0.3) is 10.9 Å². The molecule has 1 aromatic carbocycles. The minimum atomic E-state index is -1.47. The Morgan fingerprint density at radius 1 is 0.868 bits per heavy atom. The van der Waals surface area contributed by atoms with Crippen LogP contribution in [0.15, 0.2) is 30.5 Å². The van der Waals surface area contributed by atoms with Crippen LogP contribution in [-0.4, -0.2) is 85.9 Å². The molecule has 0 aliphatic rings. The molecule has 0 aliphatic heterocycles. The lowest BCUT2D eigenvalue weighted by Gasteiger charge is -2.24. The summed E-state index contributed by atoms with van der Waals surface area (Å²) >= 11 is 3.86. The van der Waals surface area contributed by atoms with Crippen LogP contribution < -0.4 is 21.7 Å². The van der Waals surface area contributed by atoms with E-state index in [0.29, 0.717) is 5.56 Å². The summed E-state index contributed by atoms with van der Waals surface area (Å²) < 4.78 is 0. The van der Waals surface area contributed by atoms with Gasteiger partial charge in [0.05, 0.1) is 12.5 Å². The number of benzene rings is 1. The van der Waals surface area contributed by atoms with E-state index in [2.05, 4.69) is 33.6 Å². The number of carboxylic acids is 3. The quantitative estimate of drug-likeness (QED) is 0.120. The highest BCUT2D eigenvalue weighted by molar-refractivity contribution is 7.80. The number of amides is 3. The number of hydrogen-bond acceptors (Lipinski definition) is 8. The van der Waals surface area contributed by atoms with Crippen molar-refractivity contribution in [3.63, 3.8) is 0 Å². The molecule has 0 saturated heterocycles. The maximum atomic E-state index is 13.3. The van der Waals surface area contributed by atoms with Gasteiger partial charge in [-0.1, -0.05) is 18.2 Å². The Balaban J connectivity index is 2.31. The van der Waals surface area contributed by atoms with Gasteiger partial charge in [0, 0.05) is 35.7 Å². The zero-order valence-electron chi connectivity index (χ0n) is 20.0. The third-order valence-corrected chi connectivity index (χ3v) is 5.91. The van der Waals surface area contributed by atoms with Crippen LogP contribution in [0.3, 0.4) is 0 Å². The van der Waals surface area contributed by atoms with E-state index < -0.39 is 72.6 Å². The van der Waals surface area contributed by atoms with E-state index in [0.717, 1.165) is 10.9 Å². The first-order valence-corrected chi connectivity index (χ1v) is 12.0. The summed E-state index contributed by atoms with van der Waals surface area (Å²) in [5, 5.41) is 34.9. The highest BCUT2D eigenvalue weighted by atomic mass is 32.1. The topological polar surface area (TPSA) is 241 Å². The van der Waals surface area contributed by atoms with E-state index in [1.165, 1.54) is 0 Å². The number of fused-ring (bicyclic) bond motifs is 1. The van der Waals surface area contributed by atoms with Gasteiger partial charge in [-0.05, 0) is 18.1 Å². The molecule has 15 heteroatoms. The molecule has 0 fully saturated rings. The Hall–Kier alpha value is -4.11. The summed E-state index contributed by atoms with van der Waals surface area (Å²) in [7, 11) is 0. The number of nitrogens with two attached hydrogens (primary N) is 1. The number of aromatic nitrogens is 1. The van der Waals surface area contributed by atoms with Gasteiger partial charge >= 0.3 is 17.9 Å². The second-order valence-corrected chi connectivity index (χ2v) is 8.77. The number of carbonyl (C=O) groups excluding carboxylic acids is 3. The van der Waals surface area contributed by atoms with Crippen molar-refractivity contribution >= 4 is 59.2 Å². The van der Waals surface area contributed by atoms with E-state index in [1.807, 2.05) is 0 Å². The van der Waals surface area contributed by atoms with Crippen molar-refractivity contribution in [2.75, 3.05) is 5.75 Å². The summed E-state index contributed by atoms with van der Waals surface area (Å²) in [5.74, 6) is -7.01. The molecule has 38 heavy (non-hydrogen) atoms. The third-order valence-electron chi connectivity index (χ3n) is 5.54. The van der Waals surface area contributed by atoms with Crippen molar-refractivity contribution in [2.24, 2.45) is 5.73 Å². The summed E-state index contributed by atoms with van der Waals surface area (Å²) in [5.41, 5.74) is 7.00. The number of hydrogen-bond donors (Lipinski definition) is 9. The number of para-hydroxylation sites is 1. The third kappa shape index (κ3) is 8.77. The monoisotopic (exact) mass is 551 g/mol. The van der Waals surface area contributed by atoms with Crippen LogP contribution in [-0.2, 0) is 35.2 Å². The molecule has 2 rings (SSSR count). The molecule has 9 N–H and O–H groups in total. The van der Waals surface area contributed by atoms with Crippen molar-refractivity contribution in [3.8, 4) is 0 Å². The molecule has 4 unspecified atom stereocenters. The Labute approximate surface area is 221 Å². The molecule has 1 heterocycles. The van der Waals surface area contributed by atoms with Crippen LogP contribution in [0.1, 0.15) is 24.8 Å². The molecule has 3 amide bonds. The van der Waals surface area contributed by atoms with Crippen molar-refractivity contribution in [3.05, 3.63) is 36.0 Å². The van der Waals surface area contributed by atoms with Gasteiger partial charge in [0.25, 0.3) is 0 Å². The van der Waals surface area contributed by atoms with Crippen LogP contribution in [0.2, 0.25) is 0 Å². The Kier molecular flexibility index (Phi) is 11.1. The highest BCUT2D eigenvalue weighted by Gasteiger charge is 2.31. The van der Waals surface area contributed by atoms with Gasteiger partial charge in [-0.2, -0.15) is 12.6 Å². The molecule has 206 valence electrons. The molecule has 0 spiro atoms. The number of thiol groups is 1. The molecule has 1 aromatic heterocycles. The van der Waals surface area contributed by atoms with Gasteiger partial charge in [0.15, 0.2) is 0 Å². The summed E-state index contributed by atoms with van der Waals surface area (Å²) in [6.07, 6.45) is -0.0780. The molecule has 0 bridgehead atoms. The number of carboxylic acid groups (broad SMARTS) is 3. The minimum Gasteiger partial charge on any atom is -0.481 e. The fourth-order valence-corrected chi connectivity index (χ4v) is 3.80. The molecule has 0 aliphatic carbocycles. The lowest BCUT2D eigenvalue weighted by molar-refractivity contribution is -0.142. The van der Waals surface area contributed by atoms with E-state index in [1.54, 1.807) is 30.5 Å². The van der Waals surface area contributed by atoms with Gasteiger partial charge in [-0.3, -0.25) is 24.0 Å². The number of nitrogens with one attached hydrogen (secondary N) is 4. The number of rotatable bonds is 15. The lowest BCUT2D eigenvalue weighted by Crippen LogP contribution is -2.58. The molecule has 0 saturated carbocycles. The Morgan fingerprint density at radius 3 is 2.08 bits per heavy atom. The number of H-pyrrole nitrogens is 1. The number of aliphatic carboxylic acids is 3. The van der Waals surface area contributed by atoms with Gasteiger partial charge in [0.2, 0.25) is 17.7 Å². The lowest BCUT2D eigenvalue weighted by atomic mass is 10.0. The normalized spacial score (nSPS) is 14.1. The second kappa shape index (κ2) is 14.0. The second-order valence-electron chi connectivity index (χ2n) is 8.40. The van der Waals surface area contributed by atoms with Crippen LogP contribution in [0, 0.1) is 0 Å². The largest absolute Gasteiger partial charge is 0.481 e. The fraction of sp³-hybridized carbons (Fsp3) is 0.391. The summed E-state index contributed by atoms with van der Waals surface area (Å²) in [4.78, 5) is 75.0. The summed E-state index contributed by atoms with van der Waals surface area (Å²) in [6, 6.07) is 1.46. The predicted octanol–water partition coefficient (Wildman–Crippen LogP) is -1.15. The molecule has 2 aromatic rings. The van der Waals surface area contributed by atoms with Crippen molar-refractivity contribution in [1.29, 1.82) is 0 Å². The molecule has 14 nitrogen and oxygen atoms in total. The average Bonchev–Trinajstić information content (AvgIpc) is 3.26. The van der Waals surface area contributed by atoms with Crippen LogP contribution in [0.5, 0.6) is 0 Å². The van der Waals surface area contributed by atoms with Gasteiger partial charge < -0.3 is 42.0 Å². The van der Waals surface area contributed by atoms with E-state index in [9.17, 15) is 33.9 Å². The molecular formula is C23H29N5O9S. The average molecular weight is 552 g/mol. The SMILES string of the molecule is NC(CC(=O)O)C(=O)NC(Cc1c[nH]c2ccccc12)C(=O)NC(CCC(=O)O)C(=O)NC(CS)C(=O)O. The van der Waals surface area contributed by atoms with Gasteiger partial charge in [0.1, 0.15) is 18.1 Å². The van der Waals surface area contributed by atoms with Crippen molar-refractivity contribution in [2.45, 2.75) is 49.9 Å². The van der Waals surface area contributed by atoms with Crippen molar-refractivity contribution < 1.29 is 44.1 Å². The van der Waals surface area contributed by atoms with Gasteiger partial charge in [-0.25, -0.2) is 4.79 Å². The zero-order chi connectivity index (χ0) is 28.4. The van der Waals surface area contributed by atoms with Crippen molar-refractivity contribution in [1.82, 2.24) is 20.9 Å². The minimum absolute atomic E-state index is 0.0942. The van der Waals surface area contributed by atoms with E-state index >= 15 is 0 Å². The first-order valence-electron chi connectivity index (χ1n) is 11.4. The Morgan fingerprint density at radius 2 is 1.47 bits per heavy atom. The smallest absolute Gasteiger partial charge is 0.327 e. The Bertz CT molecular complexity index is 1200. The molecular weight excluding hydrogens is 522 g/mol. The van der Waals surface area contributed by atoms with E-state index in [4.69, 9.17) is 15.9 Å². The highest BCUT2D eigenvalue weighted by Crippen LogP contribution is 2.19. The molecule has 4 atom stereocenters. The first kappa shape index (κ1) is 30.1. The van der Waals surface area contributed by atoms with Crippen LogP contribution in [0.4, 0.5) is 0 Å². The van der Waals surface area contributed by atoms with Gasteiger partial charge in [-0.15, -0.1) is 0 Å². The molecule has 0 radical (unpaired) electrons. The number of aromatic amines is 1. The van der Waals surface area contributed by atoms with E-state index in [-0.39, 0.29) is 18.6 Å². The fourth-order valence-electron chi connectivity index (χ4n) is 3.56. The zero-order valence-corrected chi connectivity index (χ0v) is 20.9. The summed E-state index contributed by atoms with van der Waals surface area (Å²) in [6.45, 7) is 0. The maximum absolute atomic E-state index is 13.3. The maximum Gasteiger partial charge on any atom is 0.327 e.